The van der Waals surface area contributed by atoms with Gasteiger partial charge in [-0.3, -0.25) is 19.3 Å². The zero-order valence-electron chi connectivity index (χ0n) is 21.5. The monoisotopic (exact) mass is 577 g/mol. The van der Waals surface area contributed by atoms with Crippen LogP contribution in [0.1, 0.15) is 27.9 Å². The molecule has 0 bridgehead atoms. The van der Waals surface area contributed by atoms with Crippen LogP contribution in [-0.2, 0) is 16.1 Å². The number of aryl methyl sites for hydroxylation is 2. The predicted octanol–water partition coefficient (Wildman–Crippen LogP) is 7.60. The van der Waals surface area contributed by atoms with E-state index in [1.54, 1.807) is 24.3 Å². The zero-order chi connectivity index (χ0) is 27.8. The number of carbonyl (C=O) groups excluding carboxylic acids is 3. The molecule has 1 aliphatic rings. The van der Waals surface area contributed by atoms with Crippen LogP contribution in [0.15, 0.2) is 65.6 Å². The molecule has 0 spiro atoms. The highest BCUT2D eigenvalue weighted by atomic mass is 35.5. The van der Waals surface area contributed by atoms with Crippen molar-refractivity contribution in [2.24, 2.45) is 0 Å². The van der Waals surface area contributed by atoms with Gasteiger partial charge in [-0.25, -0.2) is 0 Å². The first kappa shape index (κ1) is 27.1. The molecule has 3 aromatic carbocycles. The van der Waals surface area contributed by atoms with E-state index in [9.17, 15) is 14.4 Å². The molecular weight excluding hydrogens is 553 g/mol. The zero-order valence-corrected chi connectivity index (χ0v) is 23.9. The summed E-state index contributed by atoms with van der Waals surface area (Å²) in [6.45, 7) is 6.06. The largest absolute Gasteiger partial charge is 0.340 e. The maximum absolute atomic E-state index is 13.2. The first-order valence-corrected chi connectivity index (χ1v) is 13.8. The summed E-state index contributed by atoms with van der Waals surface area (Å²) in [5.74, 6) is -0.924. The molecule has 1 saturated heterocycles. The summed E-state index contributed by atoms with van der Waals surface area (Å²) in [6, 6.07) is 18.8. The molecule has 1 N–H and O–H groups in total. The lowest BCUT2D eigenvalue weighted by Crippen LogP contribution is -2.36. The van der Waals surface area contributed by atoms with Crippen molar-refractivity contribution < 1.29 is 14.4 Å². The fourth-order valence-corrected chi connectivity index (χ4v) is 5.88. The van der Waals surface area contributed by atoms with Crippen LogP contribution in [0.5, 0.6) is 0 Å². The molecule has 0 saturated carbocycles. The molecule has 5 rings (SSSR count). The molecule has 6 nitrogen and oxygen atoms in total. The molecule has 0 unspecified atom stereocenters. The second kappa shape index (κ2) is 10.9. The van der Waals surface area contributed by atoms with Gasteiger partial charge in [0.2, 0.25) is 5.91 Å². The molecule has 1 fully saturated rings. The topological polar surface area (TPSA) is 71.4 Å². The number of halogens is 2. The molecule has 1 aliphatic heterocycles. The molecule has 0 aliphatic carbocycles. The van der Waals surface area contributed by atoms with Gasteiger partial charge in [0.25, 0.3) is 11.1 Å². The van der Waals surface area contributed by atoms with Gasteiger partial charge in [-0.1, -0.05) is 53.5 Å². The van der Waals surface area contributed by atoms with Crippen molar-refractivity contribution in [3.05, 3.63) is 104 Å². The highest BCUT2D eigenvalue weighted by molar-refractivity contribution is 8.18. The summed E-state index contributed by atoms with van der Waals surface area (Å²) in [7, 11) is 0. The van der Waals surface area contributed by atoms with Crippen molar-refractivity contribution in [2.45, 2.75) is 27.3 Å². The van der Waals surface area contributed by atoms with Gasteiger partial charge < -0.3 is 9.88 Å². The number of para-hydroxylation sites is 1. The standard InChI is InChI=1S/C30H25Cl2N3O3S/c1-17-8-11-22(12-18(17)2)33-28(36)16-35-29(37)27(39-30(35)38)14-24-19(3)34(26-7-5-4-6-23(24)26)15-20-9-10-21(31)13-25(20)32/h4-14H,15-16H2,1-3H3,(H,33,36)/b27-14+. The van der Waals surface area contributed by atoms with Crippen LogP contribution < -0.4 is 5.32 Å². The number of fused-ring (bicyclic) bond motifs is 1. The van der Waals surface area contributed by atoms with Gasteiger partial charge in [0, 0.05) is 44.4 Å². The van der Waals surface area contributed by atoms with Crippen molar-refractivity contribution >= 4 is 74.7 Å². The number of nitrogens with one attached hydrogen (secondary N) is 1. The Kier molecular flexibility index (Phi) is 7.58. The Hall–Kier alpha value is -3.52. The van der Waals surface area contributed by atoms with Crippen molar-refractivity contribution in [2.75, 3.05) is 11.9 Å². The quantitative estimate of drug-likeness (QED) is 0.239. The Morgan fingerprint density at radius 2 is 1.74 bits per heavy atom. The van der Waals surface area contributed by atoms with Gasteiger partial charge in [-0.15, -0.1) is 0 Å². The molecule has 3 amide bonds. The summed E-state index contributed by atoms with van der Waals surface area (Å²) >= 11 is 13.4. The fraction of sp³-hybridized carbons (Fsp3) is 0.167. The van der Waals surface area contributed by atoms with E-state index in [4.69, 9.17) is 23.2 Å². The summed E-state index contributed by atoms with van der Waals surface area (Å²) in [4.78, 5) is 39.9. The number of nitrogens with zero attached hydrogens (tertiary/aromatic N) is 2. The number of amides is 3. The van der Waals surface area contributed by atoms with Gasteiger partial charge >= 0.3 is 0 Å². The van der Waals surface area contributed by atoms with E-state index in [0.29, 0.717) is 22.3 Å². The molecular formula is C30H25Cl2N3O3S. The third-order valence-corrected chi connectivity index (χ3v) is 8.36. The molecule has 0 atom stereocenters. The molecule has 9 heteroatoms. The first-order chi connectivity index (χ1) is 18.6. The predicted molar refractivity (Wildman–Crippen MR) is 159 cm³/mol. The number of imide groups is 1. The molecule has 1 aromatic heterocycles. The molecule has 2 heterocycles. The lowest BCUT2D eigenvalue weighted by atomic mass is 10.1. The minimum absolute atomic E-state index is 0.273. The highest BCUT2D eigenvalue weighted by Gasteiger charge is 2.36. The Morgan fingerprint density at radius 3 is 2.49 bits per heavy atom. The number of rotatable bonds is 6. The third-order valence-electron chi connectivity index (χ3n) is 6.86. The maximum Gasteiger partial charge on any atom is 0.294 e. The van der Waals surface area contributed by atoms with E-state index in [2.05, 4.69) is 9.88 Å². The molecule has 198 valence electrons. The van der Waals surface area contributed by atoms with Crippen LogP contribution in [0.2, 0.25) is 10.0 Å². The number of carbonyl (C=O) groups is 3. The van der Waals surface area contributed by atoms with Crippen molar-refractivity contribution in [3.63, 3.8) is 0 Å². The highest BCUT2D eigenvalue weighted by Crippen LogP contribution is 2.36. The van der Waals surface area contributed by atoms with Gasteiger partial charge in [0.15, 0.2) is 0 Å². The summed E-state index contributed by atoms with van der Waals surface area (Å²) in [5, 5.41) is 4.38. The van der Waals surface area contributed by atoms with Crippen molar-refractivity contribution in [1.82, 2.24) is 9.47 Å². The van der Waals surface area contributed by atoms with Crippen LogP contribution in [0.25, 0.3) is 17.0 Å². The summed E-state index contributed by atoms with van der Waals surface area (Å²) < 4.78 is 2.12. The summed E-state index contributed by atoms with van der Waals surface area (Å²) in [6.07, 6.45) is 1.74. The van der Waals surface area contributed by atoms with E-state index in [1.165, 1.54) is 0 Å². The Bertz CT molecular complexity index is 1690. The summed E-state index contributed by atoms with van der Waals surface area (Å²) in [5.41, 5.74) is 6.40. The fourth-order valence-electron chi connectivity index (χ4n) is 4.59. The van der Waals surface area contributed by atoms with Gasteiger partial charge in [-0.05, 0) is 85.6 Å². The number of benzene rings is 3. The van der Waals surface area contributed by atoms with Gasteiger partial charge in [0.05, 0.1) is 4.91 Å². The molecule has 0 radical (unpaired) electrons. The third kappa shape index (κ3) is 5.48. The number of hydrogen-bond donors (Lipinski definition) is 1. The van der Waals surface area contributed by atoms with Gasteiger partial charge in [0.1, 0.15) is 6.54 Å². The van der Waals surface area contributed by atoms with Crippen LogP contribution in [0.3, 0.4) is 0 Å². The molecule has 4 aromatic rings. The molecule has 39 heavy (non-hydrogen) atoms. The Balaban J connectivity index is 1.41. The van der Waals surface area contributed by atoms with Crippen molar-refractivity contribution in [1.29, 1.82) is 0 Å². The average molecular weight is 579 g/mol. The lowest BCUT2D eigenvalue weighted by Gasteiger charge is -2.13. The normalized spacial score (nSPS) is 14.6. The number of thioether (sulfide) groups is 1. The first-order valence-electron chi connectivity index (χ1n) is 12.3. The van der Waals surface area contributed by atoms with Crippen LogP contribution >= 0.6 is 35.0 Å². The second-order valence-electron chi connectivity index (χ2n) is 9.45. The lowest BCUT2D eigenvalue weighted by molar-refractivity contribution is -0.127. The minimum atomic E-state index is -0.489. The van der Waals surface area contributed by atoms with Crippen LogP contribution in [0.4, 0.5) is 10.5 Å². The van der Waals surface area contributed by atoms with E-state index in [-0.39, 0.29) is 11.4 Å². The SMILES string of the molecule is Cc1ccc(NC(=O)CN2C(=O)S/C(=C/c3c(C)n(Cc4ccc(Cl)cc4Cl)c4ccccc34)C2=O)cc1C. The number of anilines is 1. The number of hydrogen-bond acceptors (Lipinski definition) is 4. The van der Waals surface area contributed by atoms with E-state index in [1.807, 2.05) is 63.2 Å². The van der Waals surface area contributed by atoms with Gasteiger partial charge in [-0.2, -0.15) is 0 Å². The Labute approximate surface area is 240 Å². The smallest absolute Gasteiger partial charge is 0.294 e. The van der Waals surface area contributed by atoms with Crippen LogP contribution in [-0.4, -0.2) is 33.1 Å². The number of aromatic nitrogens is 1. The Morgan fingerprint density at radius 1 is 0.974 bits per heavy atom. The van der Waals surface area contributed by atoms with E-state index >= 15 is 0 Å². The van der Waals surface area contributed by atoms with E-state index < -0.39 is 17.1 Å². The average Bonchev–Trinajstić information content (AvgIpc) is 3.31. The van der Waals surface area contributed by atoms with Crippen LogP contribution in [0, 0.1) is 20.8 Å². The maximum atomic E-state index is 13.2. The second-order valence-corrected chi connectivity index (χ2v) is 11.3. The van der Waals surface area contributed by atoms with E-state index in [0.717, 1.165) is 55.5 Å². The minimum Gasteiger partial charge on any atom is -0.340 e. The van der Waals surface area contributed by atoms with Crippen molar-refractivity contribution in [3.8, 4) is 0 Å².